The van der Waals surface area contributed by atoms with Gasteiger partial charge in [-0.1, -0.05) is 65.7 Å². The van der Waals surface area contributed by atoms with Crippen LogP contribution in [-0.4, -0.2) is 6.15 Å². The van der Waals surface area contributed by atoms with E-state index in [-0.39, 0.29) is 11.0 Å². The first kappa shape index (κ1) is 39.3. The van der Waals surface area contributed by atoms with Crippen molar-refractivity contribution < 1.29 is 43.9 Å². The summed E-state index contributed by atoms with van der Waals surface area (Å²) in [5.41, 5.74) is 3.03. The first-order valence-corrected chi connectivity index (χ1v) is 21.0. The molecule has 12 heteroatoms. The van der Waals surface area contributed by atoms with Crippen LogP contribution in [0.3, 0.4) is 0 Å². The van der Waals surface area contributed by atoms with E-state index in [0.29, 0.717) is 34.8 Å². The van der Waals surface area contributed by atoms with E-state index in [1.807, 2.05) is 77.9 Å². The highest BCUT2D eigenvalue weighted by Crippen LogP contribution is 2.73. The Morgan fingerprint density at radius 3 is 1.25 bits per heavy atom. The maximum absolute atomic E-state index is 17.0. The van der Waals surface area contributed by atoms with Crippen LogP contribution in [0.25, 0.3) is 22.3 Å². The average molecular weight is 831 g/mol. The lowest BCUT2D eigenvalue weighted by atomic mass is 9.14. The Balaban J connectivity index is 1.67. The van der Waals surface area contributed by atoms with Crippen molar-refractivity contribution in [2.24, 2.45) is 5.92 Å². The Bertz CT molecular complexity index is 2700. The third-order valence-electron chi connectivity index (χ3n) is 12.7. The molecule has 0 atom stereocenters. The summed E-state index contributed by atoms with van der Waals surface area (Å²) in [6.45, 7) is 11.5. The first-order valence-electron chi connectivity index (χ1n) is 19.2. The van der Waals surface area contributed by atoms with Crippen molar-refractivity contribution in [2.45, 2.75) is 54.4 Å². The molecule has 0 N–H and O–H groups in total. The van der Waals surface area contributed by atoms with Crippen LogP contribution in [0, 0.1) is 106 Å². The van der Waals surface area contributed by atoms with E-state index in [1.54, 1.807) is 12.1 Å². The molecule has 0 bridgehead atoms. The molecule has 1 heterocycles. The van der Waals surface area contributed by atoms with Crippen molar-refractivity contribution in [2.75, 3.05) is 0 Å². The minimum atomic E-state index is -4.48. The SMILES string of the molecule is Cc1cc(C)c([P+]2(c3c(C)cc(C)cc3C)/C(C3CC3)=C/[B-](c3c(F)c(F)c(F)c(F)c3F)(c3c(F)c(F)c(F)c(F)c3F)c3cccc4c3-c3c-4cccc32)c(C)c1. The van der Waals surface area contributed by atoms with E-state index in [4.69, 9.17) is 0 Å². The van der Waals surface area contributed by atoms with Crippen molar-refractivity contribution in [1.29, 1.82) is 0 Å². The van der Waals surface area contributed by atoms with Gasteiger partial charge in [0.1, 0.15) is 52.6 Å². The van der Waals surface area contributed by atoms with Crippen molar-refractivity contribution in [3.8, 4) is 22.3 Å². The second-order valence-corrected chi connectivity index (χ2v) is 19.6. The molecular weight excluding hydrogens is 796 g/mol. The summed E-state index contributed by atoms with van der Waals surface area (Å²) in [6, 6.07) is 17.8. The molecule has 3 aliphatic rings. The predicted octanol–water partition coefficient (Wildman–Crippen LogP) is 10.2. The third-order valence-corrected chi connectivity index (χ3v) is 17.8. The molecule has 0 saturated heterocycles. The molecule has 0 spiro atoms. The Labute approximate surface area is 334 Å². The number of hydrogen-bond donors (Lipinski definition) is 0. The summed E-state index contributed by atoms with van der Waals surface area (Å²) >= 11 is 0. The molecule has 1 aliphatic heterocycles. The largest absolute Gasteiger partial charge is 0.207 e. The summed E-state index contributed by atoms with van der Waals surface area (Å²) in [5.74, 6) is -23.9. The topological polar surface area (TPSA) is 0 Å². The van der Waals surface area contributed by atoms with E-state index < -0.39 is 88.4 Å². The predicted molar refractivity (Wildman–Crippen MR) is 216 cm³/mol. The third kappa shape index (κ3) is 5.03. The highest BCUT2D eigenvalue weighted by atomic mass is 31.2. The second-order valence-electron chi connectivity index (χ2n) is 16.4. The minimum Gasteiger partial charge on any atom is -0.207 e. The molecule has 6 aromatic carbocycles. The molecule has 0 aromatic heterocycles. The lowest BCUT2D eigenvalue weighted by Gasteiger charge is -2.49. The van der Waals surface area contributed by atoms with Gasteiger partial charge in [-0.2, -0.15) is 11.4 Å². The molecule has 9 rings (SSSR count). The van der Waals surface area contributed by atoms with Crippen molar-refractivity contribution in [3.63, 3.8) is 0 Å². The minimum absolute atomic E-state index is 0.159. The van der Waals surface area contributed by atoms with Gasteiger partial charge in [0.2, 0.25) is 0 Å². The molecule has 59 heavy (non-hydrogen) atoms. The smallest absolute Gasteiger partial charge is 0.200 e. The zero-order chi connectivity index (χ0) is 42.4. The van der Waals surface area contributed by atoms with E-state index in [1.165, 1.54) is 18.1 Å². The number of aryl methyl sites for hydroxylation is 6. The fourth-order valence-electron chi connectivity index (χ4n) is 10.8. The highest BCUT2D eigenvalue weighted by molar-refractivity contribution is 7.99. The molecule has 0 radical (unpaired) electrons. The lowest BCUT2D eigenvalue weighted by molar-refractivity contribution is 0.382. The number of fused-ring (bicyclic) bond motifs is 1. The van der Waals surface area contributed by atoms with E-state index >= 15 is 35.1 Å². The number of rotatable bonds is 5. The van der Waals surface area contributed by atoms with Crippen LogP contribution in [0.2, 0.25) is 0 Å². The maximum Gasteiger partial charge on any atom is 0.200 e. The quantitative estimate of drug-likeness (QED) is 0.0533. The fraction of sp³-hybridized carbons (Fsp3) is 0.191. The number of benzene rings is 6. The molecule has 1 saturated carbocycles. The molecule has 6 aromatic rings. The van der Waals surface area contributed by atoms with Gasteiger partial charge in [0.15, 0.2) is 34.9 Å². The molecule has 0 nitrogen and oxygen atoms in total. The van der Waals surface area contributed by atoms with Gasteiger partial charge in [-0.15, -0.1) is 10.9 Å². The first-order chi connectivity index (χ1) is 27.9. The Morgan fingerprint density at radius 1 is 0.475 bits per heavy atom. The number of halogens is 10. The zero-order valence-corrected chi connectivity index (χ0v) is 33.5. The Morgan fingerprint density at radius 2 is 0.847 bits per heavy atom. The van der Waals surface area contributed by atoms with Gasteiger partial charge >= 0.3 is 0 Å². The number of hydrogen-bond acceptors (Lipinski definition) is 0. The molecule has 1 fully saturated rings. The summed E-state index contributed by atoms with van der Waals surface area (Å²) in [5, 5.41) is 2.78. The standard InChI is InChI=1S/C47H34BF10P/c1-20-15-22(3)46(23(4)16-20)59(47-24(5)17-21(2)18-25(47)6)30-12-8-10-28-27-9-7-11-29(32(27)33(28)30)48(19-31(59)26-13-14-26,34-36(49)40(53)44(57)41(54)37(34)50)35-38(51)42(55)45(58)43(56)39(35)52/h7-12,15-19,26H,13-14H2,1-6H3/b31-19+. The van der Waals surface area contributed by atoms with Crippen LogP contribution in [0.15, 0.2) is 72.0 Å². The van der Waals surface area contributed by atoms with Crippen LogP contribution >= 0.6 is 7.26 Å². The molecule has 300 valence electrons. The van der Waals surface area contributed by atoms with Gasteiger partial charge in [0.05, 0.1) is 0 Å². The summed E-state index contributed by atoms with van der Waals surface area (Å²) in [4.78, 5) is 0. The molecule has 0 amide bonds. The maximum atomic E-state index is 17.0. The normalized spacial score (nSPS) is 16.8. The van der Waals surface area contributed by atoms with Crippen LogP contribution in [0.1, 0.15) is 46.2 Å². The van der Waals surface area contributed by atoms with Crippen LogP contribution < -0.4 is 32.3 Å². The van der Waals surface area contributed by atoms with Crippen molar-refractivity contribution in [3.05, 3.63) is 164 Å². The average Bonchev–Trinajstić information content (AvgIpc) is 4.02. The van der Waals surface area contributed by atoms with Crippen LogP contribution in [0.5, 0.6) is 0 Å². The molecular formula is C47H34BF10P. The van der Waals surface area contributed by atoms with Gasteiger partial charge in [-0.3, -0.25) is 0 Å². The summed E-state index contributed by atoms with van der Waals surface area (Å²) < 4.78 is 161. The van der Waals surface area contributed by atoms with Gasteiger partial charge in [0, 0.05) is 16.8 Å². The monoisotopic (exact) mass is 830 g/mol. The fourth-order valence-corrected chi connectivity index (χ4v) is 16.8. The lowest BCUT2D eigenvalue weighted by Crippen LogP contribution is -2.72. The van der Waals surface area contributed by atoms with Crippen molar-refractivity contribution >= 4 is 45.7 Å². The second kappa shape index (κ2) is 13.2. The van der Waals surface area contributed by atoms with Crippen molar-refractivity contribution in [1.82, 2.24) is 0 Å². The molecule has 2 aliphatic carbocycles. The van der Waals surface area contributed by atoms with E-state index in [2.05, 4.69) is 0 Å². The summed E-state index contributed by atoms with van der Waals surface area (Å²) in [7, 11) is -3.56. The van der Waals surface area contributed by atoms with Gasteiger partial charge in [-0.05, 0) is 99.4 Å². The van der Waals surface area contributed by atoms with Gasteiger partial charge in [-0.25, -0.2) is 43.9 Å². The van der Waals surface area contributed by atoms with Crippen LogP contribution in [0.4, 0.5) is 43.9 Å². The van der Waals surface area contributed by atoms with Gasteiger partial charge < -0.3 is 0 Å². The van der Waals surface area contributed by atoms with Gasteiger partial charge in [0.25, 0.3) is 0 Å². The Hall–Kier alpha value is -5.15. The summed E-state index contributed by atoms with van der Waals surface area (Å²) in [6.07, 6.45) is -3.59. The van der Waals surface area contributed by atoms with E-state index in [9.17, 15) is 8.78 Å². The zero-order valence-electron chi connectivity index (χ0n) is 32.6. The van der Waals surface area contributed by atoms with E-state index in [0.717, 1.165) is 49.3 Å². The van der Waals surface area contributed by atoms with Crippen LogP contribution in [-0.2, 0) is 0 Å². The number of allylic oxidation sites excluding steroid dienone is 1. The Kier molecular flexibility index (Phi) is 8.78. The molecule has 0 unspecified atom stereocenters. The highest BCUT2D eigenvalue weighted by Gasteiger charge is 2.61.